The number of benzene rings is 2. The van der Waals surface area contributed by atoms with E-state index in [9.17, 15) is 14.7 Å². The number of aryl methyl sites for hydroxylation is 1. The van der Waals surface area contributed by atoms with E-state index in [4.69, 9.17) is 16.3 Å². The molecule has 2 amide bonds. The Bertz CT molecular complexity index is 764. The highest BCUT2D eigenvalue weighted by molar-refractivity contribution is 6.30. The largest absolute Gasteiger partial charge is 0.507 e. The summed E-state index contributed by atoms with van der Waals surface area (Å²) in [4.78, 5) is 23.9. The van der Waals surface area contributed by atoms with Gasteiger partial charge in [-0.25, -0.2) is 0 Å². The van der Waals surface area contributed by atoms with Gasteiger partial charge in [0.25, 0.3) is 11.8 Å². The number of ether oxygens (including phenoxy) is 1. The second kappa shape index (κ2) is 7.70. The number of phenolic OH excluding ortho intramolecular Hbond substituents is 1. The van der Waals surface area contributed by atoms with E-state index in [-0.39, 0.29) is 11.3 Å². The maximum absolute atomic E-state index is 12.0. The molecule has 0 heterocycles. The lowest BCUT2D eigenvalue weighted by molar-refractivity contribution is -0.128. The molecule has 0 saturated carbocycles. The van der Waals surface area contributed by atoms with Crippen molar-refractivity contribution in [3.05, 3.63) is 58.6 Å². The molecule has 0 unspecified atom stereocenters. The molecule has 126 valence electrons. The minimum absolute atomic E-state index is 0.0555. The number of hydrogen-bond donors (Lipinski definition) is 3. The molecular formula is C17H17ClN2O4. The molecule has 0 fully saturated rings. The molecule has 0 radical (unpaired) electrons. The number of para-hydroxylation sites is 1. The van der Waals surface area contributed by atoms with E-state index in [1.165, 1.54) is 12.1 Å². The highest BCUT2D eigenvalue weighted by Gasteiger charge is 2.17. The SMILES string of the molecule is Cc1cc(Cl)ccc1O[C@H](C)C(=O)NNC(=O)c1ccccc1O. The zero-order valence-corrected chi connectivity index (χ0v) is 13.9. The summed E-state index contributed by atoms with van der Waals surface area (Å²) in [7, 11) is 0. The monoisotopic (exact) mass is 348 g/mol. The lowest BCUT2D eigenvalue weighted by atomic mass is 10.2. The van der Waals surface area contributed by atoms with Gasteiger partial charge in [0.1, 0.15) is 11.5 Å². The van der Waals surface area contributed by atoms with Gasteiger partial charge in [-0.05, 0) is 49.7 Å². The average molecular weight is 349 g/mol. The smallest absolute Gasteiger partial charge is 0.279 e. The number of carbonyl (C=O) groups excluding carboxylic acids is 2. The van der Waals surface area contributed by atoms with Gasteiger partial charge in [-0.1, -0.05) is 23.7 Å². The van der Waals surface area contributed by atoms with Gasteiger partial charge in [-0.3, -0.25) is 20.4 Å². The molecule has 2 aromatic rings. The van der Waals surface area contributed by atoms with Crippen LogP contribution >= 0.6 is 11.6 Å². The first kappa shape index (κ1) is 17.6. The van der Waals surface area contributed by atoms with Crippen LogP contribution in [-0.4, -0.2) is 23.0 Å². The zero-order valence-electron chi connectivity index (χ0n) is 13.2. The number of carbonyl (C=O) groups is 2. The van der Waals surface area contributed by atoms with Gasteiger partial charge >= 0.3 is 0 Å². The van der Waals surface area contributed by atoms with Crippen molar-refractivity contribution < 1.29 is 19.4 Å². The van der Waals surface area contributed by atoms with Crippen LogP contribution in [0.3, 0.4) is 0 Å². The first-order valence-electron chi connectivity index (χ1n) is 7.19. The Balaban J connectivity index is 1.92. The van der Waals surface area contributed by atoms with E-state index >= 15 is 0 Å². The van der Waals surface area contributed by atoms with Crippen LogP contribution in [0.5, 0.6) is 11.5 Å². The Morgan fingerprint density at radius 3 is 2.54 bits per heavy atom. The molecule has 6 nitrogen and oxygen atoms in total. The van der Waals surface area contributed by atoms with Gasteiger partial charge in [0.2, 0.25) is 0 Å². The number of phenols is 1. The molecule has 24 heavy (non-hydrogen) atoms. The van der Waals surface area contributed by atoms with Gasteiger partial charge in [0.15, 0.2) is 6.10 Å². The summed E-state index contributed by atoms with van der Waals surface area (Å²) in [6.45, 7) is 3.36. The van der Waals surface area contributed by atoms with E-state index < -0.39 is 17.9 Å². The second-order valence-corrected chi connectivity index (χ2v) is 5.57. The number of amides is 2. The van der Waals surface area contributed by atoms with Crippen LogP contribution in [0.15, 0.2) is 42.5 Å². The van der Waals surface area contributed by atoms with Gasteiger partial charge < -0.3 is 9.84 Å². The fourth-order valence-electron chi connectivity index (χ4n) is 1.94. The molecule has 1 atom stereocenters. The van der Waals surface area contributed by atoms with Crippen LogP contribution < -0.4 is 15.6 Å². The van der Waals surface area contributed by atoms with Crippen molar-refractivity contribution in [3.63, 3.8) is 0 Å². The van der Waals surface area contributed by atoms with E-state index in [1.54, 1.807) is 37.3 Å². The van der Waals surface area contributed by atoms with Crippen molar-refractivity contribution in [2.45, 2.75) is 20.0 Å². The van der Waals surface area contributed by atoms with E-state index in [2.05, 4.69) is 10.9 Å². The lowest BCUT2D eigenvalue weighted by Gasteiger charge is -2.16. The summed E-state index contributed by atoms with van der Waals surface area (Å²) in [5.41, 5.74) is 5.34. The Morgan fingerprint density at radius 2 is 1.88 bits per heavy atom. The van der Waals surface area contributed by atoms with Crippen LogP contribution in [0.4, 0.5) is 0 Å². The molecule has 0 aliphatic heterocycles. The first-order chi connectivity index (χ1) is 11.4. The van der Waals surface area contributed by atoms with Crippen molar-refractivity contribution >= 4 is 23.4 Å². The topological polar surface area (TPSA) is 87.7 Å². The molecule has 2 rings (SSSR count). The zero-order chi connectivity index (χ0) is 17.7. The van der Waals surface area contributed by atoms with Crippen LogP contribution in [-0.2, 0) is 4.79 Å². The lowest BCUT2D eigenvalue weighted by Crippen LogP contribution is -2.47. The van der Waals surface area contributed by atoms with Gasteiger partial charge in [0.05, 0.1) is 5.56 Å². The van der Waals surface area contributed by atoms with Crippen molar-refractivity contribution in [1.82, 2.24) is 10.9 Å². The number of aromatic hydroxyl groups is 1. The highest BCUT2D eigenvalue weighted by atomic mass is 35.5. The summed E-state index contributed by atoms with van der Waals surface area (Å²) in [6.07, 6.45) is -0.838. The van der Waals surface area contributed by atoms with Crippen LogP contribution in [0.1, 0.15) is 22.8 Å². The molecule has 7 heteroatoms. The van der Waals surface area contributed by atoms with Gasteiger partial charge in [-0.2, -0.15) is 0 Å². The van der Waals surface area contributed by atoms with E-state index in [1.807, 2.05) is 6.92 Å². The molecule has 0 saturated heterocycles. The summed E-state index contributed by atoms with van der Waals surface area (Å²) in [5.74, 6) is -0.816. The Hall–Kier alpha value is -2.73. The first-order valence-corrected chi connectivity index (χ1v) is 7.57. The van der Waals surface area contributed by atoms with Gasteiger partial charge in [-0.15, -0.1) is 0 Å². The summed E-state index contributed by atoms with van der Waals surface area (Å²) >= 11 is 5.87. The number of hydrazine groups is 1. The van der Waals surface area contributed by atoms with Crippen LogP contribution in [0.2, 0.25) is 5.02 Å². The number of hydrogen-bond acceptors (Lipinski definition) is 4. The summed E-state index contributed by atoms with van der Waals surface area (Å²) < 4.78 is 5.55. The Kier molecular flexibility index (Phi) is 5.65. The highest BCUT2D eigenvalue weighted by Crippen LogP contribution is 2.22. The van der Waals surface area contributed by atoms with Gasteiger partial charge in [0, 0.05) is 5.02 Å². The Labute approximate surface area is 144 Å². The molecule has 3 N–H and O–H groups in total. The molecule has 0 aliphatic carbocycles. The molecule has 2 aromatic carbocycles. The molecule has 0 aliphatic rings. The summed E-state index contributed by atoms with van der Waals surface area (Å²) in [5, 5.41) is 10.2. The van der Waals surface area contributed by atoms with E-state index in [0.717, 1.165) is 5.56 Å². The minimum Gasteiger partial charge on any atom is -0.507 e. The van der Waals surface area contributed by atoms with Crippen molar-refractivity contribution in [3.8, 4) is 11.5 Å². The number of halogens is 1. The third-order valence-electron chi connectivity index (χ3n) is 3.26. The maximum Gasteiger partial charge on any atom is 0.279 e. The maximum atomic E-state index is 12.0. The second-order valence-electron chi connectivity index (χ2n) is 5.13. The molecular weight excluding hydrogens is 332 g/mol. The quantitative estimate of drug-likeness (QED) is 0.741. The summed E-state index contributed by atoms with van der Waals surface area (Å²) in [6, 6.07) is 11.1. The predicted octanol–water partition coefficient (Wildman–Crippen LogP) is 2.58. The third kappa shape index (κ3) is 4.39. The normalized spacial score (nSPS) is 11.5. The van der Waals surface area contributed by atoms with Crippen molar-refractivity contribution in [2.24, 2.45) is 0 Å². The van der Waals surface area contributed by atoms with Crippen LogP contribution in [0.25, 0.3) is 0 Å². The fraction of sp³-hybridized carbons (Fsp3) is 0.176. The molecule has 0 bridgehead atoms. The minimum atomic E-state index is -0.838. The predicted molar refractivity (Wildman–Crippen MR) is 90.0 cm³/mol. The number of rotatable bonds is 4. The van der Waals surface area contributed by atoms with Crippen molar-refractivity contribution in [2.75, 3.05) is 0 Å². The van der Waals surface area contributed by atoms with Crippen LogP contribution in [0, 0.1) is 6.92 Å². The fourth-order valence-corrected chi connectivity index (χ4v) is 2.17. The standard InChI is InChI=1S/C17H17ClN2O4/c1-10-9-12(18)7-8-15(10)24-11(2)16(22)19-20-17(23)13-5-3-4-6-14(13)21/h3-9,11,21H,1-2H3,(H,19,22)(H,20,23)/t11-/m1/s1. The van der Waals surface area contributed by atoms with Crippen molar-refractivity contribution in [1.29, 1.82) is 0 Å². The molecule has 0 aromatic heterocycles. The average Bonchev–Trinajstić information content (AvgIpc) is 2.55. The van der Waals surface area contributed by atoms with E-state index in [0.29, 0.717) is 10.8 Å². The molecule has 0 spiro atoms. The number of nitrogens with one attached hydrogen (secondary N) is 2. The third-order valence-corrected chi connectivity index (χ3v) is 3.49. The Morgan fingerprint density at radius 1 is 1.17 bits per heavy atom.